The van der Waals surface area contributed by atoms with E-state index in [0.717, 1.165) is 18.9 Å². The number of guanidine groups is 1. The highest BCUT2D eigenvalue weighted by atomic mass is 35.5. The molecule has 0 aromatic rings. The minimum atomic E-state index is 0. The van der Waals surface area contributed by atoms with Gasteiger partial charge >= 0.3 is 0 Å². The summed E-state index contributed by atoms with van der Waals surface area (Å²) >= 11 is 0. The Morgan fingerprint density at radius 2 is 1.77 bits per heavy atom. The van der Waals surface area contributed by atoms with E-state index >= 15 is 0 Å². The number of hydrogen-bond acceptors (Lipinski definition) is 1. The maximum atomic E-state index is 5.24. The molecule has 13 heavy (non-hydrogen) atoms. The summed E-state index contributed by atoms with van der Waals surface area (Å²) in [6.45, 7) is 0.812. The molecule has 1 saturated carbocycles. The molecule has 4 heteroatoms. The van der Waals surface area contributed by atoms with Crippen molar-refractivity contribution in [2.24, 2.45) is 22.4 Å². The summed E-state index contributed by atoms with van der Waals surface area (Å²) in [6.07, 6.45) is 8.12. The predicted molar refractivity (Wildman–Crippen MR) is 59.1 cm³/mol. The first-order chi connectivity index (χ1) is 5.79. The molecule has 0 aliphatic heterocycles. The summed E-state index contributed by atoms with van der Waals surface area (Å²) in [5.41, 5.74) is 10.5. The van der Waals surface area contributed by atoms with Crippen molar-refractivity contribution in [3.63, 3.8) is 0 Å². The molecule has 0 atom stereocenters. The molecule has 0 radical (unpaired) electrons. The van der Waals surface area contributed by atoms with Crippen molar-refractivity contribution < 1.29 is 0 Å². The van der Waals surface area contributed by atoms with Gasteiger partial charge < -0.3 is 11.5 Å². The van der Waals surface area contributed by atoms with E-state index in [4.69, 9.17) is 11.5 Å². The molecule has 0 aromatic heterocycles. The highest BCUT2D eigenvalue weighted by Gasteiger charge is 2.12. The van der Waals surface area contributed by atoms with Gasteiger partial charge in [0.05, 0.1) is 0 Å². The zero-order valence-electron chi connectivity index (χ0n) is 8.04. The Labute approximate surface area is 86.4 Å². The largest absolute Gasteiger partial charge is 0.370 e. The van der Waals surface area contributed by atoms with Crippen molar-refractivity contribution >= 4 is 18.4 Å². The van der Waals surface area contributed by atoms with Crippen LogP contribution < -0.4 is 11.5 Å². The van der Waals surface area contributed by atoms with Crippen molar-refractivity contribution in [1.29, 1.82) is 0 Å². The lowest BCUT2D eigenvalue weighted by atomic mass is 9.87. The van der Waals surface area contributed by atoms with Crippen LogP contribution in [0.25, 0.3) is 0 Å². The third kappa shape index (κ3) is 5.75. The molecule has 0 bridgehead atoms. The van der Waals surface area contributed by atoms with Gasteiger partial charge in [-0.05, 0) is 12.3 Å². The van der Waals surface area contributed by atoms with Crippen molar-refractivity contribution in [3.8, 4) is 0 Å². The van der Waals surface area contributed by atoms with Crippen molar-refractivity contribution in [2.45, 2.75) is 38.5 Å². The Bertz CT molecular complexity index is 149. The van der Waals surface area contributed by atoms with E-state index in [2.05, 4.69) is 4.99 Å². The van der Waals surface area contributed by atoms with Gasteiger partial charge in [-0.2, -0.15) is 0 Å². The molecule has 0 saturated heterocycles. The van der Waals surface area contributed by atoms with E-state index in [-0.39, 0.29) is 18.4 Å². The second kappa shape index (κ2) is 7.01. The number of aliphatic imine (C=N–C) groups is 1. The molecule has 0 aromatic carbocycles. The molecule has 0 spiro atoms. The molecule has 78 valence electrons. The second-order valence-corrected chi connectivity index (χ2v) is 3.60. The highest BCUT2D eigenvalue weighted by molar-refractivity contribution is 5.85. The van der Waals surface area contributed by atoms with Gasteiger partial charge in [-0.1, -0.05) is 32.1 Å². The van der Waals surface area contributed by atoms with E-state index in [1.165, 1.54) is 32.1 Å². The molecule has 0 amide bonds. The van der Waals surface area contributed by atoms with Crippen LogP contribution >= 0.6 is 12.4 Å². The summed E-state index contributed by atoms with van der Waals surface area (Å²) < 4.78 is 0. The summed E-state index contributed by atoms with van der Waals surface area (Å²) in [7, 11) is 0. The fourth-order valence-electron chi connectivity index (χ4n) is 1.85. The van der Waals surface area contributed by atoms with Crippen molar-refractivity contribution in [3.05, 3.63) is 0 Å². The SMILES string of the molecule is Cl.NC(N)=NCCC1CCCCC1. The standard InChI is InChI=1S/C9H19N3.ClH/c10-9(11)12-7-6-8-4-2-1-3-5-8;/h8H,1-7H2,(H4,10,11,12);1H. The van der Waals surface area contributed by atoms with Crippen LogP contribution in [0.5, 0.6) is 0 Å². The van der Waals surface area contributed by atoms with Gasteiger partial charge in [-0.25, -0.2) is 0 Å². The number of halogens is 1. The fourth-order valence-corrected chi connectivity index (χ4v) is 1.85. The van der Waals surface area contributed by atoms with E-state index < -0.39 is 0 Å². The zero-order chi connectivity index (χ0) is 8.81. The van der Waals surface area contributed by atoms with E-state index in [1.54, 1.807) is 0 Å². The van der Waals surface area contributed by atoms with Crippen LogP contribution in [0.2, 0.25) is 0 Å². The Kier molecular flexibility index (Phi) is 6.77. The van der Waals surface area contributed by atoms with Gasteiger partial charge in [-0.15, -0.1) is 12.4 Å². The lowest BCUT2D eigenvalue weighted by molar-refractivity contribution is 0.343. The van der Waals surface area contributed by atoms with Crippen LogP contribution in [-0.4, -0.2) is 12.5 Å². The van der Waals surface area contributed by atoms with Crippen molar-refractivity contribution in [2.75, 3.05) is 6.54 Å². The summed E-state index contributed by atoms with van der Waals surface area (Å²) in [5, 5.41) is 0. The molecule has 1 aliphatic rings. The van der Waals surface area contributed by atoms with E-state index in [1.807, 2.05) is 0 Å². The highest BCUT2D eigenvalue weighted by Crippen LogP contribution is 2.25. The smallest absolute Gasteiger partial charge is 0.185 e. The maximum Gasteiger partial charge on any atom is 0.185 e. The topological polar surface area (TPSA) is 64.4 Å². The number of nitrogens with two attached hydrogens (primary N) is 2. The Morgan fingerprint density at radius 3 is 2.31 bits per heavy atom. The summed E-state index contributed by atoms with van der Waals surface area (Å²) in [4.78, 5) is 3.99. The van der Waals surface area contributed by atoms with Crippen LogP contribution in [0.3, 0.4) is 0 Å². The first-order valence-corrected chi connectivity index (χ1v) is 4.84. The van der Waals surface area contributed by atoms with Gasteiger partial charge in [0, 0.05) is 6.54 Å². The number of hydrogen-bond donors (Lipinski definition) is 2. The molecular formula is C9H20ClN3. The lowest BCUT2D eigenvalue weighted by Crippen LogP contribution is -2.23. The molecule has 1 aliphatic carbocycles. The Balaban J connectivity index is 0.00000144. The number of rotatable bonds is 3. The zero-order valence-corrected chi connectivity index (χ0v) is 8.85. The predicted octanol–water partition coefficient (Wildman–Crippen LogP) is 1.65. The fraction of sp³-hybridized carbons (Fsp3) is 0.889. The summed E-state index contributed by atoms with van der Waals surface area (Å²) in [5.74, 6) is 1.10. The first-order valence-electron chi connectivity index (χ1n) is 4.84. The lowest BCUT2D eigenvalue weighted by Gasteiger charge is -2.20. The third-order valence-corrected chi connectivity index (χ3v) is 2.56. The average Bonchev–Trinajstić information content (AvgIpc) is 2.05. The van der Waals surface area contributed by atoms with Gasteiger partial charge in [0.15, 0.2) is 5.96 Å². The molecular weight excluding hydrogens is 186 g/mol. The first kappa shape index (κ1) is 12.6. The minimum absolute atomic E-state index is 0. The Hall–Kier alpha value is -0.440. The average molecular weight is 206 g/mol. The second-order valence-electron chi connectivity index (χ2n) is 3.60. The van der Waals surface area contributed by atoms with Crippen LogP contribution in [-0.2, 0) is 0 Å². The molecule has 1 rings (SSSR count). The van der Waals surface area contributed by atoms with Gasteiger partial charge in [-0.3, -0.25) is 4.99 Å². The minimum Gasteiger partial charge on any atom is -0.370 e. The summed E-state index contributed by atoms with van der Waals surface area (Å²) in [6, 6.07) is 0. The maximum absolute atomic E-state index is 5.24. The molecule has 4 N–H and O–H groups in total. The van der Waals surface area contributed by atoms with Crippen LogP contribution in [0, 0.1) is 5.92 Å². The van der Waals surface area contributed by atoms with E-state index in [0.29, 0.717) is 0 Å². The van der Waals surface area contributed by atoms with Gasteiger partial charge in [0.1, 0.15) is 0 Å². The monoisotopic (exact) mass is 205 g/mol. The molecule has 0 unspecified atom stereocenters. The molecule has 0 heterocycles. The third-order valence-electron chi connectivity index (χ3n) is 2.56. The normalized spacial score (nSPS) is 17.5. The Morgan fingerprint density at radius 1 is 1.15 bits per heavy atom. The quantitative estimate of drug-likeness (QED) is 0.544. The molecule has 1 fully saturated rings. The molecule has 3 nitrogen and oxygen atoms in total. The number of nitrogens with zero attached hydrogens (tertiary/aromatic N) is 1. The van der Waals surface area contributed by atoms with Crippen LogP contribution in [0.15, 0.2) is 4.99 Å². The van der Waals surface area contributed by atoms with Gasteiger partial charge in [0.2, 0.25) is 0 Å². The van der Waals surface area contributed by atoms with Crippen LogP contribution in [0.4, 0.5) is 0 Å². The van der Waals surface area contributed by atoms with E-state index in [9.17, 15) is 0 Å². The van der Waals surface area contributed by atoms with Crippen molar-refractivity contribution in [1.82, 2.24) is 0 Å². The van der Waals surface area contributed by atoms with Gasteiger partial charge in [0.25, 0.3) is 0 Å². The van der Waals surface area contributed by atoms with Crippen LogP contribution in [0.1, 0.15) is 38.5 Å².